The topological polar surface area (TPSA) is 29.0 Å². The van der Waals surface area contributed by atoms with Crippen molar-refractivity contribution in [2.45, 2.75) is 51.5 Å². The molecule has 1 aromatic heterocycles. The lowest BCUT2D eigenvalue weighted by atomic mass is 10.2. The van der Waals surface area contributed by atoms with E-state index in [4.69, 9.17) is 11.6 Å². The van der Waals surface area contributed by atoms with Crippen LogP contribution in [0.15, 0.2) is 6.20 Å². The molecule has 94 valence electrons. The van der Waals surface area contributed by atoms with Gasteiger partial charge in [-0.05, 0) is 19.8 Å². The molecule has 0 spiro atoms. The molecule has 0 amide bonds. The van der Waals surface area contributed by atoms with Crippen molar-refractivity contribution in [1.82, 2.24) is 9.97 Å². The smallest absolute Gasteiger partial charge is 0.131 e. The van der Waals surface area contributed by atoms with Crippen molar-refractivity contribution >= 4 is 17.3 Å². The minimum absolute atomic E-state index is 0.349. The summed E-state index contributed by atoms with van der Waals surface area (Å²) in [4.78, 5) is 11.4. The lowest BCUT2D eigenvalue weighted by molar-refractivity contribution is 0.749. The predicted molar refractivity (Wildman–Crippen MR) is 71.7 cm³/mol. The monoisotopic (exact) mass is 253 g/mol. The zero-order valence-corrected chi connectivity index (χ0v) is 11.5. The minimum atomic E-state index is 0.349. The van der Waals surface area contributed by atoms with Crippen molar-refractivity contribution in [3.05, 3.63) is 17.7 Å². The van der Waals surface area contributed by atoms with Gasteiger partial charge in [0.2, 0.25) is 0 Å². The molecule has 0 unspecified atom stereocenters. The molecule has 1 aliphatic rings. The standard InChI is InChI=1S/C13H20ClN3/c1-4-17(10-5-6-10)12-8-15-13(9(2)3)16-11(12)7-14/h8-10H,4-7H2,1-3H3. The van der Waals surface area contributed by atoms with Crippen LogP contribution in [0.2, 0.25) is 0 Å². The summed E-state index contributed by atoms with van der Waals surface area (Å²) < 4.78 is 0. The third kappa shape index (κ3) is 2.71. The number of hydrogen-bond donors (Lipinski definition) is 0. The molecule has 0 aliphatic heterocycles. The fraction of sp³-hybridized carbons (Fsp3) is 0.692. The van der Waals surface area contributed by atoms with Crippen LogP contribution < -0.4 is 4.90 Å². The fourth-order valence-corrected chi connectivity index (χ4v) is 2.25. The SMILES string of the molecule is CCN(c1cnc(C(C)C)nc1CCl)C1CC1. The van der Waals surface area contributed by atoms with Crippen LogP contribution in [0.25, 0.3) is 0 Å². The van der Waals surface area contributed by atoms with E-state index in [1.54, 1.807) is 0 Å². The van der Waals surface area contributed by atoms with Gasteiger partial charge in [-0.2, -0.15) is 0 Å². The van der Waals surface area contributed by atoms with Gasteiger partial charge in [-0.3, -0.25) is 0 Å². The molecule has 1 saturated carbocycles. The molecular weight excluding hydrogens is 234 g/mol. The van der Waals surface area contributed by atoms with E-state index in [1.807, 2.05) is 6.20 Å². The number of hydrogen-bond acceptors (Lipinski definition) is 3. The summed E-state index contributed by atoms with van der Waals surface area (Å²) in [6.07, 6.45) is 4.50. The number of anilines is 1. The second-order valence-electron chi connectivity index (χ2n) is 4.87. The van der Waals surface area contributed by atoms with Crippen molar-refractivity contribution < 1.29 is 0 Å². The van der Waals surface area contributed by atoms with Crippen molar-refractivity contribution in [3.63, 3.8) is 0 Å². The number of halogens is 1. The highest BCUT2D eigenvalue weighted by atomic mass is 35.5. The third-order valence-corrected chi connectivity index (χ3v) is 3.40. The van der Waals surface area contributed by atoms with Gasteiger partial charge in [-0.25, -0.2) is 9.97 Å². The highest BCUT2D eigenvalue weighted by molar-refractivity contribution is 6.17. The van der Waals surface area contributed by atoms with Gasteiger partial charge in [-0.1, -0.05) is 13.8 Å². The normalized spacial score (nSPS) is 15.4. The molecule has 1 heterocycles. The summed E-state index contributed by atoms with van der Waals surface area (Å²) in [6, 6.07) is 0.676. The molecule has 17 heavy (non-hydrogen) atoms. The number of nitrogens with zero attached hydrogens (tertiary/aromatic N) is 3. The molecule has 2 rings (SSSR count). The van der Waals surface area contributed by atoms with E-state index in [-0.39, 0.29) is 0 Å². The van der Waals surface area contributed by atoms with Crippen LogP contribution in [0.4, 0.5) is 5.69 Å². The van der Waals surface area contributed by atoms with Gasteiger partial charge >= 0.3 is 0 Å². The first-order valence-electron chi connectivity index (χ1n) is 6.35. The fourth-order valence-electron chi connectivity index (χ4n) is 2.05. The summed E-state index contributed by atoms with van der Waals surface area (Å²) in [5.41, 5.74) is 2.09. The summed E-state index contributed by atoms with van der Waals surface area (Å²) in [5, 5.41) is 0. The maximum Gasteiger partial charge on any atom is 0.131 e. The molecule has 4 heteroatoms. The molecule has 0 bridgehead atoms. The second-order valence-corrected chi connectivity index (χ2v) is 5.13. The van der Waals surface area contributed by atoms with Crippen LogP contribution in [-0.2, 0) is 5.88 Å². The Morgan fingerprint density at radius 3 is 2.65 bits per heavy atom. The van der Waals surface area contributed by atoms with Crippen molar-refractivity contribution in [2.75, 3.05) is 11.4 Å². The molecule has 1 aliphatic carbocycles. The molecule has 0 saturated heterocycles. The Hall–Kier alpha value is -0.830. The lowest BCUT2D eigenvalue weighted by Gasteiger charge is -2.24. The molecule has 3 nitrogen and oxygen atoms in total. The van der Waals surface area contributed by atoms with E-state index in [0.717, 1.165) is 23.8 Å². The van der Waals surface area contributed by atoms with Crippen LogP contribution in [0, 0.1) is 0 Å². The molecule has 0 atom stereocenters. The maximum absolute atomic E-state index is 6.02. The zero-order valence-electron chi connectivity index (χ0n) is 10.8. The van der Waals surface area contributed by atoms with Crippen molar-refractivity contribution in [1.29, 1.82) is 0 Å². The average molecular weight is 254 g/mol. The quantitative estimate of drug-likeness (QED) is 0.754. The number of alkyl halides is 1. The first-order chi connectivity index (χ1) is 8.17. The van der Waals surface area contributed by atoms with Gasteiger partial charge in [0, 0.05) is 18.5 Å². The average Bonchev–Trinajstić information content (AvgIpc) is 3.14. The Kier molecular flexibility index (Phi) is 3.87. The Morgan fingerprint density at radius 2 is 2.18 bits per heavy atom. The Bertz CT molecular complexity index is 388. The summed E-state index contributed by atoms with van der Waals surface area (Å²) in [5.74, 6) is 1.69. The van der Waals surface area contributed by atoms with E-state index in [1.165, 1.54) is 12.8 Å². The molecule has 1 fully saturated rings. The second kappa shape index (κ2) is 5.21. The molecule has 0 radical (unpaired) electrons. The lowest BCUT2D eigenvalue weighted by Crippen LogP contribution is -2.27. The van der Waals surface area contributed by atoms with Gasteiger partial charge in [0.1, 0.15) is 5.82 Å². The van der Waals surface area contributed by atoms with Crippen LogP contribution in [0.5, 0.6) is 0 Å². The van der Waals surface area contributed by atoms with E-state index in [2.05, 4.69) is 35.6 Å². The molecule has 1 aromatic rings. The minimum Gasteiger partial charge on any atom is -0.366 e. The number of aromatic nitrogens is 2. The molecular formula is C13H20ClN3. The van der Waals surface area contributed by atoms with Crippen LogP contribution >= 0.6 is 11.6 Å². The van der Waals surface area contributed by atoms with Crippen molar-refractivity contribution in [2.24, 2.45) is 0 Å². The van der Waals surface area contributed by atoms with E-state index >= 15 is 0 Å². The van der Waals surface area contributed by atoms with Crippen LogP contribution in [0.3, 0.4) is 0 Å². The maximum atomic E-state index is 6.02. The molecule has 0 N–H and O–H groups in total. The predicted octanol–water partition coefficient (Wildman–Crippen LogP) is 3.33. The first-order valence-corrected chi connectivity index (χ1v) is 6.89. The zero-order chi connectivity index (χ0) is 12.4. The van der Waals surface area contributed by atoms with Gasteiger partial charge in [0.15, 0.2) is 0 Å². The van der Waals surface area contributed by atoms with Gasteiger partial charge in [-0.15, -0.1) is 11.6 Å². The van der Waals surface area contributed by atoms with Crippen LogP contribution in [-0.4, -0.2) is 22.6 Å². The van der Waals surface area contributed by atoms with Gasteiger partial charge in [0.05, 0.1) is 23.5 Å². The summed E-state index contributed by atoms with van der Waals surface area (Å²) in [7, 11) is 0. The van der Waals surface area contributed by atoms with Crippen LogP contribution in [0.1, 0.15) is 51.0 Å². The van der Waals surface area contributed by atoms with Crippen molar-refractivity contribution in [3.8, 4) is 0 Å². The summed E-state index contributed by atoms with van der Waals surface area (Å²) in [6.45, 7) is 7.38. The number of rotatable bonds is 5. The van der Waals surface area contributed by atoms with Gasteiger partial charge in [0.25, 0.3) is 0 Å². The largest absolute Gasteiger partial charge is 0.366 e. The Balaban J connectivity index is 2.32. The highest BCUT2D eigenvalue weighted by Gasteiger charge is 2.30. The van der Waals surface area contributed by atoms with E-state index in [0.29, 0.717) is 17.8 Å². The van der Waals surface area contributed by atoms with E-state index in [9.17, 15) is 0 Å². The molecule has 0 aromatic carbocycles. The Morgan fingerprint density at radius 1 is 1.47 bits per heavy atom. The van der Waals surface area contributed by atoms with Gasteiger partial charge < -0.3 is 4.90 Å². The first kappa shape index (κ1) is 12.6. The summed E-state index contributed by atoms with van der Waals surface area (Å²) >= 11 is 6.02. The highest BCUT2D eigenvalue weighted by Crippen LogP contribution is 2.33. The van der Waals surface area contributed by atoms with E-state index < -0.39 is 0 Å². The third-order valence-electron chi connectivity index (χ3n) is 3.15. The Labute approximate surface area is 108 Å².